The molecule has 1 saturated carbocycles. The number of benzene rings is 1. The summed E-state index contributed by atoms with van der Waals surface area (Å²) in [5.74, 6) is 0.778. The molecule has 2 rings (SSSR count). The molecule has 17 heavy (non-hydrogen) atoms. The average Bonchev–Trinajstić information content (AvgIpc) is 2.29. The van der Waals surface area contributed by atoms with Gasteiger partial charge in [0.2, 0.25) is 0 Å². The quantitative estimate of drug-likeness (QED) is 0.833. The van der Waals surface area contributed by atoms with E-state index in [0.29, 0.717) is 0 Å². The van der Waals surface area contributed by atoms with E-state index in [1.165, 1.54) is 43.2 Å². The normalized spacial score (nSPS) is 18.3. The lowest BCUT2D eigenvalue weighted by molar-refractivity contribution is 0.0810. The number of aliphatic hydroxyl groups is 1. The summed E-state index contributed by atoms with van der Waals surface area (Å²) in [6.45, 7) is 3.73. The fraction of sp³-hybridized carbons (Fsp3) is 0.625. The number of hydrogen-bond donors (Lipinski definition) is 1. The lowest BCUT2D eigenvalue weighted by Gasteiger charge is -2.22. The summed E-state index contributed by atoms with van der Waals surface area (Å²) < 4.78 is 0. The Morgan fingerprint density at radius 1 is 1.06 bits per heavy atom. The molecule has 1 aliphatic carbocycles. The van der Waals surface area contributed by atoms with Crippen LogP contribution in [0.4, 0.5) is 0 Å². The van der Waals surface area contributed by atoms with Crippen molar-refractivity contribution in [3.8, 4) is 0 Å². The molecule has 0 saturated heterocycles. The van der Waals surface area contributed by atoms with Crippen molar-refractivity contribution in [2.75, 3.05) is 0 Å². The summed E-state index contributed by atoms with van der Waals surface area (Å²) in [4.78, 5) is 0. The van der Waals surface area contributed by atoms with Crippen LogP contribution in [0.25, 0.3) is 0 Å². The first-order valence-electron chi connectivity index (χ1n) is 6.86. The third-order valence-electron chi connectivity index (χ3n) is 3.69. The van der Waals surface area contributed by atoms with Gasteiger partial charge in [-0.15, -0.1) is 0 Å². The maximum atomic E-state index is 9.79. The van der Waals surface area contributed by atoms with Gasteiger partial charge in [-0.25, -0.2) is 0 Å². The van der Waals surface area contributed by atoms with E-state index in [4.69, 9.17) is 0 Å². The molecule has 0 aromatic heterocycles. The van der Waals surface area contributed by atoms with Crippen molar-refractivity contribution < 1.29 is 5.11 Å². The van der Waals surface area contributed by atoms with Crippen molar-refractivity contribution in [3.63, 3.8) is 0 Å². The molecule has 0 heterocycles. The Bertz CT molecular complexity index is 339. The second-order valence-corrected chi connectivity index (χ2v) is 6.07. The van der Waals surface area contributed by atoms with Gasteiger partial charge in [-0.3, -0.25) is 0 Å². The van der Waals surface area contributed by atoms with Crippen LogP contribution < -0.4 is 0 Å². The number of rotatable bonds is 3. The zero-order chi connectivity index (χ0) is 12.3. The summed E-state index contributed by atoms with van der Waals surface area (Å²) in [5, 5.41) is 9.79. The molecule has 1 aromatic rings. The van der Waals surface area contributed by atoms with Crippen molar-refractivity contribution in [2.24, 2.45) is 0 Å². The molecule has 1 fully saturated rings. The molecule has 1 heteroatoms. The Morgan fingerprint density at radius 2 is 1.65 bits per heavy atom. The Balaban J connectivity index is 2.02. The summed E-state index contributed by atoms with van der Waals surface area (Å²) in [6, 6.07) is 8.89. The van der Waals surface area contributed by atoms with Crippen molar-refractivity contribution in [1.82, 2.24) is 0 Å². The molecule has 1 N–H and O–H groups in total. The van der Waals surface area contributed by atoms with E-state index in [1.807, 2.05) is 13.8 Å². The van der Waals surface area contributed by atoms with Crippen LogP contribution in [0.5, 0.6) is 0 Å². The maximum Gasteiger partial charge on any atom is 0.0631 e. The average molecular weight is 232 g/mol. The fourth-order valence-corrected chi connectivity index (χ4v) is 2.84. The predicted octanol–water partition coefficient (Wildman–Crippen LogP) is 4.05. The molecule has 0 spiro atoms. The van der Waals surface area contributed by atoms with E-state index in [9.17, 15) is 5.11 Å². The largest absolute Gasteiger partial charge is 0.390 e. The summed E-state index contributed by atoms with van der Waals surface area (Å²) in [7, 11) is 0. The van der Waals surface area contributed by atoms with Crippen molar-refractivity contribution in [3.05, 3.63) is 35.4 Å². The molecule has 0 bridgehead atoms. The Morgan fingerprint density at radius 3 is 2.18 bits per heavy atom. The van der Waals surface area contributed by atoms with E-state index < -0.39 is 5.60 Å². The number of hydrogen-bond acceptors (Lipinski definition) is 1. The Kier molecular flexibility index (Phi) is 3.88. The fourth-order valence-electron chi connectivity index (χ4n) is 2.84. The van der Waals surface area contributed by atoms with E-state index >= 15 is 0 Å². The topological polar surface area (TPSA) is 20.2 Å². The van der Waals surface area contributed by atoms with Crippen LogP contribution in [0.15, 0.2) is 24.3 Å². The first-order valence-corrected chi connectivity index (χ1v) is 6.86. The molecular weight excluding hydrogens is 208 g/mol. The summed E-state index contributed by atoms with van der Waals surface area (Å²) in [5.41, 5.74) is 2.12. The van der Waals surface area contributed by atoms with E-state index in [2.05, 4.69) is 24.3 Å². The van der Waals surface area contributed by atoms with Gasteiger partial charge in [0.1, 0.15) is 0 Å². The highest BCUT2D eigenvalue weighted by Gasteiger charge is 2.16. The molecule has 0 radical (unpaired) electrons. The molecule has 1 nitrogen and oxygen atoms in total. The summed E-state index contributed by atoms with van der Waals surface area (Å²) >= 11 is 0. The highest BCUT2D eigenvalue weighted by Crippen LogP contribution is 2.32. The minimum absolute atomic E-state index is 0.605. The maximum absolute atomic E-state index is 9.79. The van der Waals surface area contributed by atoms with Crippen LogP contribution in [-0.4, -0.2) is 10.7 Å². The molecule has 0 atom stereocenters. The van der Waals surface area contributed by atoms with Gasteiger partial charge in [0.05, 0.1) is 5.60 Å². The molecule has 0 aliphatic heterocycles. The Hall–Kier alpha value is -0.820. The molecular formula is C16H24O. The molecule has 1 aliphatic rings. The standard InChI is InChI=1S/C16H24O/c1-16(2,17)12-13-8-10-15(11-9-13)14-6-4-3-5-7-14/h8-11,14,17H,3-7,12H2,1-2H3. The van der Waals surface area contributed by atoms with Gasteiger partial charge in [-0.05, 0) is 43.7 Å². The van der Waals surface area contributed by atoms with Gasteiger partial charge in [-0.1, -0.05) is 43.5 Å². The second kappa shape index (κ2) is 5.22. The molecule has 0 amide bonds. The monoisotopic (exact) mass is 232 g/mol. The lowest BCUT2D eigenvalue weighted by atomic mass is 9.83. The SMILES string of the molecule is CC(C)(O)Cc1ccc(C2CCCCC2)cc1. The highest BCUT2D eigenvalue weighted by atomic mass is 16.3. The highest BCUT2D eigenvalue weighted by molar-refractivity contribution is 5.26. The van der Waals surface area contributed by atoms with Crippen LogP contribution in [0.1, 0.15) is 63.0 Å². The first-order chi connectivity index (χ1) is 8.04. The minimum Gasteiger partial charge on any atom is -0.390 e. The summed E-state index contributed by atoms with van der Waals surface area (Å²) in [6.07, 6.45) is 7.62. The van der Waals surface area contributed by atoms with Crippen molar-refractivity contribution >= 4 is 0 Å². The van der Waals surface area contributed by atoms with Crippen LogP contribution in [0.3, 0.4) is 0 Å². The van der Waals surface area contributed by atoms with Gasteiger partial charge >= 0.3 is 0 Å². The second-order valence-electron chi connectivity index (χ2n) is 6.07. The predicted molar refractivity (Wildman–Crippen MR) is 72.3 cm³/mol. The van der Waals surface area contributed by atoms with Gasteiger partial charge in [0, 0.05) is 6.42 Å². The van der Waals surface area contributed by atoms with E-state index in [-0.39, 0.29) is 0 Å². The van der Waals surface area contributed by atoms with Gasteiger partial charge in [-0.2, -0.15) is 0 Å². The smallest absolute Gasteiger partial charge is 0.0631 e. The van der Waals surface area contributed by atoms with E-state index in [0.717, 1.165) is 12.3 Å². The van der Waals surface area contributed by atoms with Crippen molar-refractivity contribution in [2.45, 2.75) is 63.9 Å². The van der Waals surface area contributed by atoms with Gasteiger partial charge in [0.25, 0.3) is 0 Å². The minimum atomic E-state index is -0.605. The van der Waals surface area contributed by atoms with Crippen LogP contribution in [0.2, 0.25) is 0 Å². The molecule has 1 aromatic carbocycles. The zero-order valence-corrected chi connectivity index (χ0v) is 11.1. The Labute approximate surface area is 105 Å². The molecule has 0 unspecified atom stereocenters. The van der Waals surface area contributed by atoms with Gasteiger partial charge in [0.15, 0.2) is 0 Å². The lowest BCUT2D eigenvalue weighted by Crippen LogP contribution is -2.21. The van der Waals surface area contributed by atoms with Crippen LogP contribution >= 0.6 is 0 Å². The van der Waals surface area contributed by atoms with Crippen LogP contribution in [-0.2, 0) is 6.42 Å². The third-order valence-corrected chi connectivity index (χ3v) is 3.69. The van der Waals surface area contributed by atoms with E-state index in [1.54, 1.807) is 0 Å². The molecule has 94 valence electrons. The third kappa shape index (κ3) is 3.85. The first kappa shape index (κ1) is 12.6. The van der Waals surface area contributed by atoms with Crippen LogP contribution in [0, 0.1) is 0 Å². The van der Waals surface area contributed by atoms with Gasteiger partial charge < -0.3 is 5.11 Å². The zero-order valence-electron chi connectivity index (χ0n) is 11.1. The van der Waals surface area contributed by atoms with Crippen molar-refractivity contribution in [1.29, 1.82) is 0 Å².